The Morgan fingerprint density at radius 2 is 2.03 bits per heavy atom. The molecule has 1 amide bonds. The van der Waals surface area contributed by atoms with Gasteiger partial charge in [0.05, 0.1) is 18.3 Å². The summed E-state index contributed by atoms with van der Waals surface area (Å²) in [4.78, 5) is 18.0. The highest BCUT2D eigenvalue weighted by Crippen LogP contribution is 2.34. The van der Waals surface area contributed by atoms with Crippen molar-refractivity contribution in [1.29, 1.82) is 0 Å². The molecule has 0 aliphatic carbocycles. The Morgan fingerprint density at radius 3 is 2.74 bits per heavy atom. The monoisotopic (exact) mass is 425 g/mol. The third-order valence-electron chi connectivity index (χ3n) is 6.25. The Labute approximate surface area is 183 Å². The number of rotatable bonds is 7. The van der Waals surface area contributed by atoms with Crippen molar-refractivity contribution >= 4 is 11.6 Å². The van der Waals surface area contributed by atoms with Crippen LogP contribution in [0.5, 0.6) is 5.88 Å². The van der Waals surface area contributed by atoms with E-state index in [1.165, 1.54) is 0 Å². The zero-order valence-corrected chi connectivity index (χ0v) is 18.0. The number of aromatic nitrogens is 1. The second-order valence-corrected chi connectivity index (χ2v) is 8.55. The van der Waals surface area contributed by atoms with Gasteiger partial charge in [-0.05, 0) is 48.9 Å². The molecule has 2 aliphatic heterocycles. The van der Waals surface area contributed by atoms with Crippen LogP contribution in [0.25, 0.3) is 0 Å². The average molecular weight is 426 g/mol. The number of nitrogens with one attached hydrogen (secondary N) is 1. The molecule has 1 aromatic carbocycles. The van der Waals surface area contributed by atoms with Crippen LogP contribution in [0.4, 0.5) is 5.69 Å². The molecule has 0 saturated carbocycles. The lowest BCUT2D eigenvalue weighted by Gasteiger charge is -2.39. The van der Waals surface area contributed by atoms with Gasteiger partial charge in [-0.25, -0.2) is 4.98 Å². The molecule has 166 valence electrons. The maximum Gasteiger partial charge on any atom is 0.224 e. The van der Waals surface area contributed by atoms with E-state index in [2.05, 4.69) is 15.2 Å². The second kappa shape index (κ2) is 9.34. The normalized spacial score (nSPS) is 19.4. The van der Waals surface area contributed by atoms with E-state index in [9.17, 15) is 15.0 Å². The highest BCUT2D eigenvalue weighted by atomic mass is 16.5. The molecular formula is C24H31N3O4. The summed E-state index contributed by atoms with van der Waals surface area (Å²) in [5.74, 6) is 0.624. The number of anilines is 1. The second-order valence-electron chi connectivity index (χ2n) is 8.55. The van der Waals surface area contributed by atoms with Gasteiger partial charge in [-0.15, -0.1) is 0 Å². The summed E-state index contributed by atoms with van der Waals surface area (Å²) in [5.41, 5.74) is 2.69. The van der Waals surface area contributed by atoms with Gasteiger partial charge >= 0.3 is 0 Å². The first-order valence-electron chi connectivity index (χ1n) is 11.1. The summed E-state index contributed by atoms with van der Waals surface area (Å²) >= 11 is 0. The molecule has 1 fully saturated rings. The van der Waals surface area contributed by atoms with E-state index in [-0.39, 0.29) is 5.91 Å². The van der Waals surface area contributed by atoms with Gasteiger partial charge in [0.1, 0.15) is 0 Å². The number of carbonyl (C=O) groups is 1. The fourth-order valence-electron chi connectivity index (χ4n) is 4.30. The van der Waals surface area contributed by atoms with Crippen molar-refractivity contribution in [1.82, 2.24) is 9.88 Å². The van der Waals surface area contributed by atoms with E-state index in [1.54, 1.807) is 6.20 Å². The predicted octanol–water partition coefficient (Wildman–Crippen LogP) is 2.77. The van der Waals surface area contributed by atoms with E-state index in [1.807, 2.05) is 37.3 Å². The van der Waals surface area contributed by atoms with Gasteiger partial charge in [-0.3, -0.25) is 4.79 Å². The number of likely N-dealkylation sites (tertiary alicyclic amines) is 1. The minimum Gasteiger partial charge on any atom is -0.478 e. The maximum absolute atomic E-state index is 11.5. The zero-order chi connectivity index (χ0) is 21.8. The number of hydrogen-bond acceptors (Lipinski definition) is 6. The summed E-state index contributed by atoms with van der Waals surface area (Å²) < 4.78 is 5.52. The number of aliphatic hydroxyl groups excluding tert-OH is 1. The summed E-state index contributed by atoms with van der Waals surface area (Å²) in [5, 5.41) is 24.8. The molecular weight excluding hydrogens is 394 g/mol. The lowest BCUT2D eigenvalue weighted by Crippen LogP contribution is -2.44. The Kier molecular flexibility index (Phi) is 6.55. The van der Waals surface area contributed by atoms with Gasteiger partial charge in [0.2, 0.25) is 11.8 Å². The highest BCUT2D eigenvalue weighted by molar-refractivity contribution is 5.93. The molecule has 1 aromatic heterocycles. The van der Waals surface area contributed by atoms with Gasteiger partial charge in [0, 0.05) is 49.6 Å². The molecule has 7 nitrogen and oxygen atoms in total. The molecule has 31 heavy (non-hydrogen) atoms. The molecule has 7 heteroatoms. The van der Waals surface area contributed by atoms with Crippen LogP contribution in [-0.4, -0.2) is 52.2 Å². The molecule has 3 heterocycles. The van der Waals surface area contributed by atoms with Crippen molar-refractivity contribution in [3.8, 4) is 5.88 Å². The molecule has 2 aromatic rings. The van der Waals surface area contributed by atoms with Crippen LogP contribution in [0.15, 0.2) is 36.5 Å². The smallest absolute Gasteiger partial charge is 0.224 e. The number of β-amino-alcohol motifs (C(OH)–C–C–N with tert-alkyl or cyclic N) is 1. The molecule has 0 spiro atoms. The van der Waals surface area contributed by atoms with Crippen LogP contribution in [0, 0.1) is 0 Å². The number of pyridine rings is 1. The summed E-state index contributed by atoms with van der Waals surface area (Å²) in [7, 11) is 0. The number of ether oxygens (including phenoxy) is 1. The lowest BCUT2D eigenvalue weighted by atomic mass is 9.85. The summed E-state index contributed by atoms with van der Waals surface area (Å²) in [6.45, 7) is 4.59. The molecule has 0 bridgehead atoms. The Balaban J connectivity index is 1.33. The maximum atomic E-state index is 11.5. The van der Waals surface area contributed by atoms with Crippen LogP contribution in [0.1, 0.15) is 55.4 Å². The SMILES string of the molecule is CCCOc1ccc(C2(O)CCN(CC(O)c3ccc4c(c3)CCC(=O)N4)CC2)cn1. The van der Waals surface area contributed by atoms with Gasteiger partial charge in [-0.2, -0.15) is 0 Å². The van der Waals surface area contributed by atoms with E-state index >= 15 is 0 Å². The average Bonchev–Trinajstić information content (AvgIpc) is 2.79. The fourth-order valence-corrected chi connectivity index (χ4v) is 4.30. The minimum absolute atomic E-state index is 0.0416. The molecule has 4 rings (SSSR count). The number of amides is 1. The first-order chi connectivity index (χ1) is 15.0. The summed E-state index contributed by atoms with van der Waals surface area (Å²) in [6.07, 6.45) is 4.40. The zero-order valence-electron chi connectivity index (χ0n) is 18.0. The van der Waals surface area contributed by atoms with E-state index in [0.29, 0.717) is 57.8 Å². The molecule has 2 aliphatic rings. The van der Waals surface area contributed by atoms with Gasteiger partial charge in [0.15, 0.2) is 0 Å². The number of hydrogen-bond donors (Lipinski definition) is 3. The summed E-state index contributed by atoms with van der Waals surface area (Å²) in [6, 6.07) is 9.46. The van der Waals surface area contributed by atoms with Crippen LogP contribution in [0.3, 0.4) is 0 Å². The highest BCUT2D eigenvalue weighted by Gasteiger charge is 2.35. The number of benzene rings is 1. The third-order valence-corrected chi connectivity index (χ3v) is 6.25. The van der Waals surface area contributed by atoms with E-state index in [4.69, 9.17) is 4.74 Å². The Hall–Kier alpha value is -2.48. The number of carbonyl (C=O) groups excluding carboxylic acids is 1. The molecule has 1 unspecified atom stereocenters. The van der Waals surface area contributed by atoms with Crippen molar-refractivity contribution in [3.05, 3.63) is 53.2 Å². The molecule has 3 N–H and O–H groups in total. The van der Waals surface area contributed by atoms with Gasteiger partial charge in [-0.1, -0.05) is 19.1 Å². The number of fused-ring (bicyclic) bond motifs is 1. The van der Waals surface area contributed by atoms with Crippen LogP contribution >= 0.6 is 0 Å². The van der Waals surface area contributed by atoms with Crippen LogP contribution in [-0.2, 0) is 16.8 Å². The first kappa shape index (κ1) is 21.7. The quantitative estimate of drug-likeness (QED) is 0.632. The fraction of sp³-hybridized carbons (Fsp3) is 0.500. The Morgan fingerprint density at radius 1 is 1.23 bits per heavy atom. The minimum atomic E-state index is -0.901. The van der Waals surface area contributed by atoms with Crippen LogP contribution in [0.2, 0.25) is 0 Å². The van der Waals surface area contributed by atoms with Gasteiger partial charge in [0.25, 0.3) is 0 Å². The number of aryl methyl sites for hydroxylation is 1. The lowest BCUT2D eigenvalue weighted by molar-refractivity contribution is -0.116. The number of aliphatic hydroxyl groups is 2. The number of nitrogens with zero attached hydrogens (tertiary/aromatic N) is 2. The Bertz CT molecular complexity index is 908. The first-order valence-corrected chi connectivity index (χ1v) is 11.1. The van der Waals surface area contributed by atoms with Gasteiger partial charge < -0.3 is 25.2 Å². The van der Waals surface area contributed by atoms with Crippen LogP contribution < -0.4 is 10.1 Å². The van der Waals surface area contributed by atoms with E-state index < -0.39 is 11.7 Å². The van der Waals surface area contributed by atoms with E-state index in [0.717, 1.165) is 28.8 Å². The molecule has 0 radical (unpaired) electrons. The van der Waals surface area contributed by atoms with Crippen molar-refractivity contribution < 1.29 is 19.7 Å². The van der Waals surface area contributed by atoms with Crippen molar-refractivity contribution in [3.63, 3.8) is 0 Å². The largest absolute Gasteiger partial charge is 0.478 e. The molecule has 1 saturated heterocycles. The predicted molar refractivity (Wildman–Crippen MR) is 118 cm³/mol. The molecule has 1 atom stereocenters. The third kappa shape index (κ3) is 5.06. The topological polar surface area (TPSA) is 94.9 Å². The van der Waals surface area contributed by atoms with Crippen molar-refractivity contribution in [2.24, 2.45) is 0 Å². The van der Waals surface area contributed by atoms with Crippen molar-refractivity contribution in [2.45, 2.75) is 50.7 Å². The number of piperidine rings is 1. The van der Waals surface area contributed by atoms with Crippen molar-refractivity contribution in [2.75, 3.05) is 31.6 Å². The standard InChI is InChI=1S/C24H31N3O4/c1-2-13-31-23-8-5-19(15-25-23)24(30)9-11-27(12-10-24)16-21(28)18-3-6-20-17(14-18)4-7-22(29)26-20/h3,5-6,8,14-15,21,28,30H,2,4,7,9-13,16H2,1H3,(H,26,29).